The predicted molar refractivity (Wildman–Crippen MR) is 55.7 cm³/mol. The summed E-state index contributed by atoms with van der Waals surface area (Å²) in [7, 11) is 0. The summed E-state index contributed by atoms with van der Waals surface area (Å²) in [6.45, 7) is 1.38. The van der Waals surface area contributed by atoms with E-state index in [-0.39, 0.29) is 0 Å². The van der Waals surface area contributed by atoms with E-state index in [2.05, 4.69) is 0 Å². The van der Waals surface area contributed by atoms with Gasteiger partial charge in [-0.3, -0.25) is 0 Å². The Morgan fingerprint density at radius 1 is 1.59 bits per heavy atom. The number of aliphatic hydroxyl groups is 3. The number of aliphatic hydroxyl groups excluding tert-OH is 2. The monoisotopic (exact) mass is 250 g/mol. The number of hydrogen-bond donors (Lipinski definition) is 6. The average molecular weight is 250 g/mol. The van der Waals surface area contributed by atoms with Gasteiger partial charge in [0.05, 0.1) is 30.4 Å². The van der Waals surface area contributed by atoms with E-state index >= 15 is 0 Å². The zero-order valence-corrected chi connectivity index (χ0v) is 9.35. The maximum absolute atomic E-state index is 10.8. The van der Waals surface area contributed by atoms with Gasteiger partial charge in [0.1, 0.15) is 0 Å². The van der Waals surface area contributed by atoms with Crippen molar-refractivity contribution >= 4 is 5.97 Å². The predicted octanol–water partition coefficient (Wildman–Crippen LogP) is -3.06. The van der Waals surface area contributed by atoms with E-state index in [0.29, 0.717) is 0 Å². The third-order valence-electron chi connectivity index (χ3n) is 2.91. The van der Waals surface area contributed by atoms with Gasteiger partial charge in [-0.2, -0.15) is 0 Å². The molecule has 1 rings (SSSR count). The van der Waals surface area contributed by atoms with Gasteiger partial charge in [-0.15, -0.1) is 0 Å². The van der Waals surface area contributed by atoms with Crippen LogP contribution in [0.2, 0.25) is 0 Å². The highest BCUT2D eigenvalue weighted by Crippen LogP contribution is 2.28. The second-order valence-electron chi connectivity index (χ2n) is 4.34. The Morgan fingerprint density at radius 3 is 2.53 bits per heavy atom. The molecular weight excluding hydrogens is 232 g/mol. The van der Waals surface area contributed by atoms with Gasteiger partial charge in [-0.25, -0.2) is 4.79 Å². The fourth-order valence-corrected chi connectivity index (χ4v) is 1.74. The summed E-state index contributed by atoms with van der Waals surface area (Å²) < 4.78 is 4.93. The van der Waals surface area contributed by atoms with Crippen molar-refractivity contribution in [1.82, 2.24) is 0 Å². The number of hydrogen-bond acceptors (Lipinski definition) is 7. The first-order valence-electron chi connectivity index (χ1n) is 5.20. The molecule has 8 heteroatoms. The molecule has 0 aliphatic carbocycles. The molecule has 0 aromatic heterocycles. The molecule has 1 heterocycles. The second kappa shape index (κ2) is 4.84. The first-order chi connectivity index (χ1) is 7.69. The molecule has 0 aromatic rings. The van der Waals surface area contributed by atoms with Crippen LogP contribution in [-0.2, 0) is 9.53 Å². The number of ether oxygens (including phenoxy) is 1. The lowest BCUT2D eigenvalue weighted by atomic mass is 9.89. The minimum absolute atomic E-state index is 0.549. The number of carboxylic acids is 1. The molecule has 0 aromatic carbocycles. The summed E-state index contributed by atoms with van der Waals surface area (Å²) in [6.07, 6.45) is -4.00. The van der Waals surface area contributed by atoms with Gasteiger partial charge in [0.2, 0.25) is 0 Å². The molecule has 1 saturated heterocycles. The summed E-state index contributed by atoms with van der Waals surface area (Å²) in [5.74, 6) is -4.17. The minimum atomic E-state index is -2.54. The Hall–Kier alpha value is -0.770. The number of carbonyl (C=O) groups is 1. The lowest BCUT2D eigenvalue weighted by Gasteiger charge is -2.43. The van der Waals surface area contributed by atoms with Crippen LogP contribution in [0.1, 0.15) is 13.3 Å². The van der Waals surface area contributed by atoms with Crippen LogP contribution in [0.3, 0.4) is 0 Å². The van der Waals surface area contributed by atoms with Crippen molar-refractivity contribution in [3.63, 3.8) is 0 Å². The summed E-state index contributed by atoms with van der Waals surface area (Å²) in [6, 6.07) is -1.98. The summed E-state index contributed by atoms with van der Waals surface area (Å²) in [4.78, 5) is 10.8. The summed E-state index contributed by atoms with van der Waals surface area (Å²) in [5.41, 5.74) is 11.2. The van der Waals surface area contributed by atoms with Gasteiger partial charge in [0, 0.05) is 6.42 Å². The van der Waals surface area contributed by atoms with Crippen LogP contribution < -0.4 is 11.5 Å². The van der Waals surface area contributed by atoms with Crippen LogP contribution in [0.15, 0.2) is 0 Å². The third-order valence-corrected chi connectivity index (χ3v) is 2.91. The SMILES string of the molecule is C[C@H](O)[C@H](N)C1OC(O)(C(=O)O)CC(O)[C@@H]1N. The smallest absolute Gasteiger partial charge is 0.364 e. The Balaban J connectivity index is 2.93. The molecule has 8 N–H and O–H groups in total. The largest absolute Gasteiger partial charge is 0.477 e. The van der Waals surface area contributed by atoms with Gasteiger partial charge in [0.25, 0.3) is 5.79 Å². The van der Waals surface area contributed by atoms with Crippen LogP contribution in [0.5, 0.6) is 0 Å². The van der Waals surface area contributed by atoms with Crippen LogP contribution in [0, 0.1) is 0 Å². The van der Waals surface area contributed by atoms with Gasteiger partial charge in [-0.1, -0.05) is 0 Å². The molecule has 0 saturated carbocycles. The Labute approximate surface area is 97.8 Å². The Kier molecular flexibility index (Phi) is 4.07. The second-order valence-corrected chi connectivity index (χ2v) is 4.34. The Bertz CT molecular complexity index is 295. The maximum Gasteiger partial charge on any atom is 0.364 e. The molecule has 8 nitrogen and oxygen atoms in total. The third kappa shape index (κ3) is 2.73. The van der Waals surface area contributed by atoms with Crippen molar-refractivity contribution in [3.05, 3.63) is 0 Å². The van der Waals surface area contributed by atoms with Gasteiger partial charge >= 0.3 is 5.97 Å². The number of rotatable bonds is 3. The van der Waals surface area contributed by atoms with Crippen molar-refractivity contribution in [2.45, 2.75) is 49.5 Å². The van der Waals surface area contributed by atoms with E-state index in [1.165, 1.54) is 6.92 Å². The van der Waals surface area contributed by atoms with E-state index in [9.17, 15) is 20.1 Å². The summed E-state index contributed by atoms with van der Waals surface area (Å²) in [5, 5.41) is 37.4. The van der Waals surface area contributed by atoms with Crippen LogP contribution in [0.4, 0.5) is 0 Å². The number of nitrogens with two attached hydrogens (primary N) is 2. The van der Waals surface area contributed by atoms with Crippen LogP contribution in [0.25, 0.3) is 0 Å². The van der Waals surface area contributed by atoms with Gasteiger partial charge in [0.15, 0.2) is 0 Å². The van der Waals surface area contributed by atoms with E-state index < -0.39 is 48.6 Å². The Morgan fingerprint density at radius 2 is 2.12 bits per heavy atom. The van der Waals surface area contributed by atoms with Crippen molar-refractivity contribution in [2.75, 3.05) is 0 Å². The quantitative estimate of drug-likeness (QED) is 0.308. The molecule has 0 amide bonds. The minimum Gasteiger partial charge on any atom is -0.477 e. The summed E-state index contributed by atoms with van der Waals surface area (Å²) >= 11 is 0. The molecule has 3 unspecified atom stereocenters. The van der Waals surface area contributed by atoms with Gasteiger partial charge in [-0.05, 0) is 6.92 Å². The molecule has 0 bridgehead atoms. The zero-order chi connectivity index (χ0) is 13.4. The van der Waals surface area contributed by atoms with Crippen LogP contribution in [-0.4, -0.2) is 62.6 Å². The van der Waals surface area contributed by atoms with Crippen molar-refractivity contribution in [1.29, 1.82) is 0 Å². The fourth-order valence-electron chi connectivity index (χ4n) is 1.74. The zero-order valence-electron chi connectivity index (χ0n) is 9.35. The molecule has 1 aliphatic rings. The van der Waals surface area contributed by atoms with Gasteiger partial charge < -0.3 is 36.6 Å². The molecular formula is C9H18N2O6. The maximum atomic E-state index is 10.8. The molecule has 6 atom stereocenters. The number of aliphatic carboxylic acids is 1. The van der Waals surface area contributed by atoms with E-state index in [0.717, 1.165) is 0 Å². The highest BCUT2D eigenvalue weighted by Gasteiger charge is 2.51. The lowest BCUT2D eigenvalue weighted by molar-refractivity contribution is -0.279. The van der Waals surface area contributed by atoms with Crippen molar-refractivity contribution < 1.29 is 30.0 Å². The molecule has 1 fully saturated rings. The molecule has 0 radical (unpaired) electrons. The van der Waals surface area contributed by atoms with Crippen molar-refractivity contribution in [2.24, 2.45) is 11.5 Å². The normalized spacial score (nSPS) is 41.9. The van der Waals surface area contributed by atoms with E-state index in [1.807, 2.05) is 0 Å². The first kappa shape index (κ1) is 14.3. The highest BCUT2D eigenvalue weighted by atomic mass is 16.7. The van der Waals surface area contributed by atoms with E-state index in [1.54, 1.807) is 0 Å². The van der Waals surface area contributed by atoms with Crippen molar-refractivity contribution in [3.8, 4) is 0 Å². The molecule has 0 spiro atoms. The topological polar surface area (TPSA) is 159 Å². The van der Waals surface area contributed by atoms with E-state index in [4.69, 9.17) is 21.3 Å². The number of carboxylic acid groups (broad SMARTS) is 1. The lowest BCUT2D eigenvalue weighted by Crippen LogP contribution is -2.66. The molecule has 1 aliphatic heterocycles. The average Bonchev–Trinajstić information content (AvgIpc) is 2.22. The fraction of sp³-hybridized carbons (Fsp3) is 0.889. The molecule has 17 heavy (non-hydrogen) atoms. The first-order valence-corrected chi connectivity index (χ1v) is 5.20. The van der Waals surface area contributed by atoms with Crippen LogP contribution >= 0.6 is 0 Å². The highest BCUT2D eigenvalue weighted by molar-refractivity contribution is 5.75. The standard InChI is InChI=1S/C9H18N2O6/c1-3(12)5(10)7-6(11)4(13)2-9(16,17-7)8(14)15/h3-7,12-13,16H,2,10-11H2,1H3,(H,14,15)/t3-,4?,5-,6-,7?,9?/m0/s1. The molecule has 100 valence electrons.